The van der Waals surface area contributed by atoms with E-state index in [-0.39, 0.29) is 0 Å². The van der Waals surface area contributed by atoms with Crippen LogP contribution in [0.2, 0.25) is 0 Å². The predicted molar refractivity (Wildman–Crippen MR) is 41.4 cm³/mol. The maximum atomic E-state index is 3.85. The van der Waals surface area contributed by atoms with Gasteiger partial charge in [0.15, 0.2) is 0 Å². The van der Waals surface area contributed by atoms with Crippen LogP contribution in [0.4, 0.5) is 0 Å². The molecule has 10 heavy (non-hydrogen) atoms. The van der Waals surface area contributed by atoms with Gasteiger partial charge in [0.1, 0.15) is 0 Å². The van der Waals surface area contributed by atoms with Crippen LogP contribution in [-0.4, -0.2) is 12.1 Å². The fraction of sp³-hybridized carbons (Fsp3) is 0.750. The van der Waals surface area contributed by atoms with Crippen LogP contribution >= 0.6 is 0 Å². The monoisotopic (exact) mass is 138 g/mol. The van der Waals surface area contributed by atoms with Crippen LogP contribution in [0.25, 0.3) is 0 Å². The second kappa shape index (κ2) is 1.91. The first-order chi connectivity index (χ1) is 4.77. The lowest BCUT2D eigenvalue weighted by Gasteiger charge is -2.12. The average molecular weight is 138 g/mol. The van der Waals surface area contributed by atoms with E-state index in [4.69, 9.17) is 0 Å². The molecule has 1 aliphatic heterocycles. The van der Waals surface area contributed by atoms with Crippen LogP contribution in [-0.2, 0) is 0 Å². The van der Waals surface area contributed by atoms with Crippen LogP contribution in [0.5, 0.6) is 0 Å². The SMILES string of the molecule is C=C1N[C@H]2CCC(C)[C@H]2N1. The molecule has 1 aliphatic carbocycles. The van der Waals surface area contributed by atoms with Gasteiger partial charge < -0.3 is 10.6 Å². The van der Waals surface area contributed by atoms with E-state index in [1.54, 1.807) is 0 Å². The average Bonchev–Trinajstić information content (AvgIpc) is 2.35. The number of nitrogens with one attached hydrogen (secondary N) is 2. The van der Waals surface area contributed by atoms with Crippen molar-refractivity contribution >= 4 is 0 Å². The minimum atomic E-state index is 0.660. The summed E-state index contributed by atoms with van der Waals surface area (Å²) in [5.74, 6) is 1.83. The summed E-state index contributed by atoms with van der Waals surface area (Å²) in [5.41, 5.74) is 0. The second-order valence-corrected chi connectivity index (χ2v) is 3.45. The van der Waals surface area contributed by atoms with Gasteiger partial charge in [0.2, 0.25) is 0 Å². The van der Waals surface area contributed by atoms with Gasteiger partial charge in [0, 0.05) is 6.04 Å². The summed E-state index contributed by atoms with van der Waals surface area (Å²) in [4.78, 5) is 0. The Morgan fingerprint density at radius 1 is 1.40 bits per heavy atom. The van der Waals surface area contributed by atoms with E-state index in [0.717, 1.165) is 11.7 Å². The molecule has 2 N–H and O–H groups in total. The molecule has 3 atom stereocenters. The third-order valence-electron chi connectivity index (χ3n) is 2.68. The Hall–Kier alpha value is -0.660. The van der Waals surface area contributed by atoms with Crippen LogP contribution in [0.3, 0.4) is 0 Å². The molecule has 2 heteroatoms. The molecule has 0 bridgehead atoms. The molecule has 0 amide bonds. The zero-order valence-electron chi connectivity index (χ0n) is 6.35. The van der Waals surface area contributed by atoms with Gasteiger partial charge in [0.05, 0.1) is 11.9 Å². The molecule has 0 aromatic heterocycles. The summed E-state index contributed by atoms with van der Waals surface area (Å²) in [6, 6.07) is 1.33. The molecule has 0 radical (unpaired) electrons. The zero-order valence-corrected chi connectivity index (χ0v) is 6.35. The highest BCUT2D eigenvalue weighted by molar-refractivity contribution is 5.10. The molecule has 2 rings (SSSR count). The first-order valence-corrected chi connectivity index (χ1v) is 3.99. The van der Waals surface area contributed by atoms with Crippen molar-refractivity contribution in [3.8, 4) is 0 Å². The number of hydrogen-bond donors (Lipinski definition) is 2. The van der Waals surface area contributed by atoms with Crippen LogP contribution in [0, 0.1) is 5.92 Å². The Labute approximate surface area is 61.7 Å². The normalized spacial score (nSPS) is 44.5. The van der Waals surface area contributed by atoms with Gasteiger partial charge in [-0.15, -0.1) is 0 Å². The van der Waals surface area contributed by atoms with Gasteiger partial charge >= 0.3 is 0 Å². The molecule has 0 aromatic rings. The molecule has 2 fully saturated rings. The second-order valence-electron chi connectivity index (χ2n) is 3.45. The van der Waals surface area contributed by atoms with Gasteiger partial charge in [-0.2, -0.15) is 0 Å². The van der Waals surface area contributed by atoms with E-state index in [1.807, 2.05) is 0 Å². The minimum absolute atomic E-state index is 0.660. The van der Waals surface area contributed by atoms with E-state index in [1.165, 1.54) is 12.8 Å². The quantitative estimate of drug-likeness (QED) is 0.518. The summed E-state index contributed by atoms with van der Waals surface area (Å²) in [7, 11) is 0. The van der Waals surface area contributed by atoms with Crippen molar-refractivity contribution in [2.24, 2.45) is 5.92 Å². The maximum absolute atomic E-state index is 3.85. The molecule has 2 nitrogen and oxygen atoms in total. The topological polar surface area (TPSA) is 24.1 Å². The zero-order chi connectivity index (χ0) is 7.14. The van der Waals surface area contributed by atoms with E-state index < -0.39 is 0 Å². The Balaban J connectivity index is 2.12. The molecule has 1 saturated heterocycles. The summed E-state index contributed by atoms with van der Waals surface area (Å²) >= 11 is 0. The highest BCUT2D eigenvalue weighted by atomic mass is 15.2. The Morgan fingerprint density at radius 2 is 2.20 bits per heavy atom. The lowest BCUT2D eigenvalue weighted by atomic mass is 10.1. The molecule has 1 saturated carbocycles. The van der Waals surface area contributed by atoms with Crippen molar-refractivity contribution in [2.45, 2.75) is 31.8 Å². The van der Waals surface area contributed by atoms with Gasteiger partial charge in [-0.3, -0.25) is 0 Å². The van der Waals surface area contributed by atoms with Crippen LogP contribution in [0.1, 0.15) is 19.8 Å². The highest BCUT2D eigenvalue weighted by Crippen LogP contribution is 2.29. The first-order valence-electron chi connectivity index (χ1n) is 3.99. The lowest BCUT2D eigenvalue weighted by molar-refractivity contribution is 0.476. The molecule has 2 aliphatic rings. The first kappa shape index (κ1) is 6.08. The molecule has 56 valence electrons. The Kier molecular flexibility index (Phi) is 1.16. The molecule has 1 heterocycles. The fourth-order valence-corrected chi connectivity index (χ4v) is 2.07. The largest absolute Gasteiger partial charge is 0.368 e. The van der Waals surface area contributed by atoms with Crippen LogP contribution in [0.15, 0.2) is 12.4 Å². The third kappa shape index (κ3) is 0.713. The van der Waals surface area contributed by atoms with Crippen molar-refractivity contribution in [3.63, 3.8) is 0 Å². The van der Waals surface area contributed by atoms with Crippen molar-refractivity contribution in [3.05, 3.63) is 12.4 Å². The van der Waals surface area contributed by atoms with Gasteiger partial charge in [-0.1, -0.05) is 13.5 Å². The predicted octanol–water partition coefficient (Wildman–Crippen LogP) is 0.817. The lowest BCUT2D eigenvalue weighted by Crippen LogP contribution is -2.31. The van der Waals surface area contributed by atoms with Gasteiger partial charge in [-0.05, 0) is 18.8 Å². The smallest absolute Gasteiger partial charge is 0.0918 e. The van der Waals surface area contributed by atoms with Gasteiger partial charge in [-0.25, -0.2) is 0 Å². The number of rotatable bonds is 0. The van der Waals surface area contributed by atoms with E-state index >= 15 is 0 Å². The summed E-state index contributed by atoms with van der Waals surface area (Å²) in [6.45, 7) is 6.15. The standard InChI is InChI=1S/C8H14N2/c1-5-3-4-7-8(5)10-6(2)9-7/h5,7-10H,2-4H2,1H3/t5?,7-,8+/m0/s1. The Morgan fingerprint density at radius 3 is 2.90 bits per heavy atom. The summed E-state index contributed by atoms with van der Waals surface area (Å²) < 4.78 is 0. The number of hydrogen-bond acceptors (Lipinski definition) is 2. The van der Waals surface area contributed by atoms with Crippen molar-refractivity contribution in [1.82, 2.24) is 10.6 Å². The van der Waals surface area contributed by atoms with E-state index in [0.29, 0.717) is 12.1 Å². The molecular formula is C8H14N2. The molecule has 1 unspecified atom stereocenters. The van der Waals surface area contributed by atoms with Crippen molar-refractivity contribution in [2.75, 3.05) is 0 Å². The maximum Gasteiger partial charge on any atom is 0.0918 e. The highest BCUT2D eigenvalue weighted by Gasteiger charge is 2.37. The van der Waals surface area contributed by atoms with Crippen LogP contribution < -0.4 is 10.6 Å². The minimum Gasteiger partial charge on any atom is -0.368 e. The molecule has 0 spiro atoms. The number of fused-ring (bicyclic) bond motifs is 1. The van der Waals surface area contributed by atoms with E-state index in [9.17, 15) is 0 Å². The third-order valence-corrected chi connectivity index (χ3v) is 2.68. The van der Waals surface area contributed by atoms with Crippen molar-refractivity contribution < 1.29 is 0 Å². The van der Waals surface area contributed by atoms with Crippen molar-refractivity contribution in [1.29, 1.82) is 0 Å². The summed E-state index contributed by atoms with van der Waals surface area (Å²) in [6.07, 6.45) is 2.65. The fourth-order valence-electron chi connectivity index (χ4n) is 2.07. The summed E-state index contributed by atoms with van der Waals surface area (Å²) in [5, 5.41) is 6.70. The Bertz CT molecular complexity index is 165. The van der Waals surface area contributed by atoms with Gasteiger partial charge in [0.25, 0.3) is 0 Å². The van der Waals surface area contributed by atoms with E-state index in [2.05, 4.69) is 24.1 Å². The molecule has 0 aromatic carbocycles. The molecular weight excluding hydrogens is 124 g/mol.